The Hall–Kier alpha value is -1.13. The lowest BCUT2D eigenvalue weighted by molar-refractivity contribution is 0.222. The maximum atomic E-state index is 6.33. The predicted octanol–water partition coefficient (Wildman–Crippen LogP) is 5.00. The fraction of sp³-hybridized carbons (Fsp3) is 0.611. The molecule has 0 N–H and O–H groups in total. The Labute approximate surface area is 135 Å². The lowest BCUT2D eigenvalue weighted by Crippen LogP contribution is -2.42. The van der Waals surface area contributed by atoms with Crippen LogP contribution in [0, 0.1) is 12.8 Å². The first-order chi connectivity index (χ1) is 10.1. The number of benzene rings is 1. The van der Waals surface area contributed by atoms with Gasteiger partial charge in [0.15, 0.2) is 8.32 Å². The highest BCUT2D eigenvalue weighted by Crippen LogP contribution is 2.36. The molecular weight excluding hydrogens is 288 g/mol. The molecule has 0 radical (unpaired) electrons. The molecule has 0 aliphatic carbocycles. The minimum Gasteiger partial charge on any atom is -0.416 e. The topological polar surface area (TPSA) is 27.1 Å². The van der Waals surface area contributed by atoms with Crippen LogP contribution in [-0.2, 0) is 11.0 Å². The highest BCUT2D eigenvalue weighted by atomic mass is 28.4. The summed E-state index contributed by atoms with van der Waals surface area (Å²) in [5, 5.41) is 6.03. The van der Waals surface area contributed by atoms with Crippen LogP contribution in [0.3, 0.4) is 0 Å². The molecule has 1 aromatic carbocycles. The third-order valence-corrected chi connectivity index (χ3v) is 9.32. The summed E-state index contributed by atoms with van der Waals surface area (Å²) in [4.78, 5) is 0. The summed E-state index contributed by atoms with van der Waals surface area (Å²) < 4.78 is 8.44. The van der Waals surface area contributed by atoms with E-state index < -0.39 is 8.32 Å². The van der Waals surface area contributed by atoms with Crippen LogP contribution in [0.5, 0.6) is 0 Å². The molecule has 0 saturated carbocycles. The fourth-order valence-corrected chi connectivity index (χ4v) is 3.40. The second-order valence-electron chi connectivity index (χ2n) is 8.07. The molecule has 4 heteroatoms. The van der Waals surface area contributed by atoms with Gasteiger partial charge in [-0.25, -0.2) is 0 Å². The standard InChI is InChI=1S/C18H30N2OSi/c1-14-8-9-17-16(10-14)11-19-20(17)12-15(2)13-21-22(6,7)18(3,4)5/h8-11,15H,12-13H2,1-7H3. The average Bonchev–Trinajstić information content (AvgIpc) is 2.77. The molecule has 1 aromatic heterocycles. The van der Waals surface area contributed by atoms with Crippen molar-refractivity contribution in [1.29, 1.82) is 0 Å². The van der Waals surface area contributed by atoms with Gasteiger partial charge in [0.2, 0.25) is 0 Å². The fourth-order valence-electron chi connectivity index (χ4n) is 2.27. The number of aryl methyl sites for hydroxylation is 1. The van der Waals surface area contributed by atoms with Crippen molar-refractivity contribution < 1.29 is 4.43 Å². The van der Waals surface area contributed by atoms with Crippen LogP contribution in [0.25, 0.3) is 10.9 Å². The Morgan fingerprint density at radius 3 is 2.59 bits per heavy atom. The Morgan fingerprint density at radius 2 is 1.95 bits per heavy atom. The molecule has 3 nitrogen and oxygen atoms in total. The van der Waals surface area contributed by atoms with E-state index in [2.05, 4.69) is 75.7 Å². The third kappa shape index (κ3) is 3.79. The maximum Gasteiger partial charge on any atom is 0.191 e. The molecule has 1 atom stereocenters. The van der Waals surface area contributed by atoms with E-state index >= 15 is 0 Å². The smallest absolute Gasteiger partial charge is 0.191 e. The van der Waals surface area contributed by atoms with Crippen LogP contribution < -0.4 is 0 Å². The summed E-state index contributed by atoms with van der Waals surface area (Å²) in [7, 11) is -1.66. The van der Waals surface area contributed by atoms with Gasteiger partial charge in [-0.2, -0.15) is 5.10 Å². The first-order valence-corrected chi connectivity index (χ1v) is 11.1. The molecule has 0 saturated heterocycles. The van der Waals surface area contributed by atoms with E-state index in [1.807, 2.05) is 6.20 Å². The van der Waals surface area contributed by atoms with Crippen molar-refractivity contribution in [2.75, 3.05) is 6.61 Å². The molecule has 0 fully saturated rings. The SMILES string of the molecule is Cc1ccc2c(cnn2CC(C)CO[Si](C)(C)C(C)(C)C)c1. The minimum atomic E-state index is -1.66. The van der Waals surface area contributed by atoms with E-state index in [0.29, 0.717) is 5.92 Å². The Kier molecular flexibility index (Phi) is 4.83. The van der Waals surface area contributed by atoms with Gasteiger partial charge in [0.1, 0.15) is 0 Å². The number of nitrogens with zero attached hydrogens (tertiary/aromatic N) is 2. The third-order valence-electron chi connectivity index (χ3n) is 4.82. The highest BCUT2D eigenvalue weighted by Gasteiger charge is 2.37. The van der Waals surface area contributed by atoms with E-state index in [1.54, 1.807) is 0 Å². The molecule has 1 unspecified atom stereocenters. The first kappa shape index (κ1) is 17.2. The summed E-state index contributed by atoms with van der Waals surface area (Å²) in [5.74, 6) is 0.457. The maximum absolute atomic E-state index is 6.33. The molecule has 0 spiro atoms. The zero-order valence-corrected chi connectivity index (χ0v) is 16.1. The molecule has 1 heterocycles. The summed E-state index contributed by atoms with van der Waals surface area (Å²) in [5.41, 5.74) is 2.49. The van der Waals surface area contributed by atoms with Gasteiger partial charge in [0, 0.05) is 18.5 Å². The second kappa shape index (κ2) is 6.17. The molecule has 2 rings (SSSR count). The molecule has 22 heavy (non-hydrogen) atoms. The number of fused-ring (bicyclic) bond motifs is 1. The van der Waals surface area contributed by atoms with Crippen LogP contribution in [0.4, 0.5) is 0 Å². The van der Waals surface area contributed by atoms with Crippen LogP contribution >= 0.6 is 0 Å². The van der Waals surface area contributed by atoms with Gasteiger partial charge in [-0.1, -0.05) is 39.3 Å². The van der Waals surface area contributed by atoms with E-state index in [-0.39, 0.29) is 5.04 Å². The first-order valence-electron chi connectivity index (χ1n) is 8.16. The average molecular weight is 319 g/mol. The Balaban J connectivity index is 2.01. The van der Waals surface area contributed by atoms with Crippen LogP contribution in [0.2, 0.25) is 18.1 Å². The van der Waals surface area contributed by atoms with Gasteiger partial charge in [-0.3, -0.25) is 4.68 Å². The van der Waals surface area contributed by atoms with Gasteiger partial charge < -0.3 is 4.43 Å². The molecule has 0 bridgehead atoms. The molecule has 0 aliphatic rings. The van der Waals surface area contributed by atoms with Crippen LogP contribution in [-0.4, -0.2) is 24.7 Å². The second-order valence-corrected chi connectivity index (χ2v) is 12.9. The van der Waals surface area contributed by atoms with Crippen LogP contribution in [0.15, 0.2) is 24.4 Å². The number of rotatable bonds is 5. The van der Waals surface area contributed by atoms with E-state index in [9.17, 15) is 0 Å². The molecule has 0 aliphatic heterocycles. The van der Waals surface area contributed by atoms with Crippen molar-refractivity contribution in [1.82, 2.24) is 9.78 Å². The minimum absolute atomic E-state index is 0.267. The molecular formula is C18H30N2OSi. The highest BCUT2D eigenvalue weighted by molar-refractivity contribution is 6.74. The monoisotopic (exact) mass is 318 g/mol. The number of hydrogen-bond acceptors (Lipinski definition) is 2. The van der Waals surface area contributed by atoms with Crippen LogP contribution in [0.1, 0.15) is 33.3 Å². The van der Waals surface area contributed by atoms with Crippen molar-refractivity contribution in [2.24, 2.45) is 5.92 Å². The summed E-state index contributed by atoms with van der Waals surface area (Å²) in [6.45, 7) is 17.6. The van der Waals surface area contributed by atoms with Gasteiger partial charge in [0.25, 0.3) is 0 Å². The summed E-state index contributed by atoms with van der Waals surface area (Å²) in [6, 6.07) is 6.51. The zero-order valence-electron chi connectivity index (χ0n) is 15.1. The van der Waals surface area contributed by atoms with Gasteiger partial charge in [-0.15, -0.1) is 0 Å². The Bertz CT molecular complexity index is 640. The molecule has 2 aromatic rings. The van der Waals surface area contributed by atoms with Crippen molar-refractivity contribution in [3.05, 3.63) is 30.0 Å². The summed E-state index contributed by atoms with van der Waals surface area (Å²) >= 11 is 0. The van der Waals surface area contributed by atoms with Gasteiger partial charge >= 0.3 is 0 Å². The summed E-state index contributed by atoms with van der Waals surface area (Å²) in [6.07, 6.45) is 1.96. The normalized spacial score (nSPS) is 14.5. The van der Waals surface area contributed by atoms with Crippen molar-refractivity contribution in [3.8, 4) is 0 Å². The number of aromatic nitrogens is 2. The van der Waals surface area contributed by atoms with E-state index in [0.717, 1.165) is 13.2 Å². The van der Waals surface area contributed by atoms with E-state index in [1.165, 1.54) is 16.5 Å². The quantitative estimate of drug-likeness (QED) is 0.725. The van der Waals surface area contributed by atoms with Crippen molar-refractivity contribution in [3.63, 3.8) is 0 Å². The molecule has 122 valence electrons. The predicted molar refractivity (Wildman–Crippen MR) is 96.8 cm³/mol. The van der Waals surface area contributed by atoms with E-state index in [4.69, 9.17) is 4.43 Å². The zero-order chi connectivity index (χ0) is 16.5. The number of hydrogen-bond donors (Lipinski definition) is 0. The molecule has 0 amide bonds. The van der Waals surface area contributed by atoms with Crippen molar-refractivity contribution >= 4 is 19.2 Å². The Morgan fingerprint density at radius 1 is 1.27 bits per heavy atom. The lowest BCUT2D eigenvalue weighted by atomic mass is 10.1. The van der Waals surface area contributed by atoms with Gasteiger partial charge in [0.05, 0.1) is 11.7 Å². The largest absolute Gasteiger partial charge is 0.416 e. The lowest BCUT2D eigenvalue weighted by Gasteiger charge is -2.37. The van der Waals surface area contributed by atoms with Crippen molar-refractivity contribution in [2.45, 2.75) is 59.3 Å². The van der Waals surface area contributed by atoms with Gasteiger partial charge in [-0.05, 0) is 43.1 Å².